The SMILES string of the molecule is c1ccc2c3c(ccc2c1)-c1nc(Cc2cnc[nH]2)sc1CC3. The van der Waals surface area contributed by atoms with E-state index in [9.17, 15) is 0 Å². The molecule has 2 aromatic carbocycles. The van der Waals surface area contributed by atoms with Crippen LogP contribution < -0.4 is 0 Å². The number of benzene rings is 2. The molecular weight excluding hydrogens is 302 g/mol. The van der Waals surface area contributed by atoms with Crippen molar-refractivity contribution >= 4 is 22.1 Å². The van der Waals surface area contributed by atoms with Crippen molar-refractivity contribution in [2.24, 2.45) is 0 Å². The molecule has 3 nitrogen and oxygen atoms in total. The fourth-order valence-corrected chi connectivity index (χ4v) is 4.57. The lowest BCUT2D eigenvalue weighted by atomic mass is 9.89. The summed E-state index contributed by atoms with van der Waals surface area (Å²) in [5, 5.41) is 3.86. The highest BCUT2D eigenvalue weighted by Gasteiger charge is 2.22. The maximum atomic E-state index is 4.94. The third-order valence-electron chi connectivity index (χ3n) is 4.54. The highest BCUT2D eigenvalue weighted by atomic mass is 32.1. The Hall–Kier alpha value is -2.46. The number of aromatic nitrogens is 3. The Kier molecular flexibility index (Phi) is 2.85. The van der Waals surface area contributed by atoms with E-state index in [1.54, 1.807) is 6.33 Å². The number of fused-ring (bicyclic) bond motifs is 5. The second-order valence-electron chi connectivity index (χ2n) is 5.95. The van der Waals surface area contributed by atoms with E-state index in [-0.39, 0.29) is 0 Å². The Morgan fingerprint density at radius 2 is 2.04 bits per heavy atom. The summed E-state index contributed by atoms with van der Waals surface area (Å²) in [5.41, 5.74) is 5.08. The molecule has 0 atom stereocenters. The van der Waals surface area contributed by atoms with Crippen LogP contribution in [0.1, 0.15) is 21.1 Å². The smallest absolute Gasteiger partial charge is 0.0994 e. The van der Waals surface area contributed by atoms with Gasteiger partial charge >= 0.3 is 0 Å². The van der Waals surface area contributed by atoms with Gasteiger partial charge in [-0.05, 0) is 29.2 Å². The maximum Gasteiger partial charge on any atom is 0.0994 e. The Morgan fingerprint density at radius 3 is 2.96 bits per heavy atom. The zero-order chi connectivity index (χ0) is 15.2. The van der Waals surface area contributed by atoms with Crippen molar-refractivity contribution in [1.29, 1.82) is 0 Å². The largest absolute Gasteiger partial charge is 0.348 e. The topological polar surface area (TPSA) is 41.6 Å². The molecule has 0 fully saturated rings. The molecule has 1 N–H and O–H groups in total. The number of thiazole rings is 1. The highest BCUT2D eigenvalue weighted by Crippen LogP contribution is 2.39. The quantitative estimate of drug-likeness (QED) is 0.596. The molecule has 2 heterocycles. The monoisotopic (exact) mass is 317 g/mol. The van der Waals surface area contributed by atoms with Crippen molar-refractivity contribution < 1.29 is 0 Å². The van der Waals surface area contributed by atoms with E-state index < -0.39 is 0 Å². The van der Waals surface area contributed by atoms with E-state index in [0.29, 0.717) is 0 Å². The first-order chi connectivity index (χ1) is 11.4. The summed E-state index contributed by atoms with van der Waals surface area (Å²) in [6, 6.07) is 13.1. The van der Waals surface area contributed by atoms with Crippen LogP contribution in [0.3, 0.4) is 0 Å². The van der Waals surface area contributed by atoms with Gasteiger partial charge in [-0.1, -0.05) is 36.4 Å². The average molecular weight is 317 g/mol. The van der Waals surface area contributed by atoms with Crippen LogP contribution in [0.2, 0.25) is 0 Å². The van der Waals surface area contributed by atoms with Crippen LogP contribution in [0.25, 0.3) is 22.0 Å². The molecule has 1 aliphatic rings. The lowest BCUT2D eigenvalue weighted by Crippen LogP contribution is -2.02. The molecule has 0 unspecified atom stereocenters. The molecule has 2 aromatic heterocycles. The van der Waals surface area contributed by atoms with Crippen molar-refractivity contribution in [3.8, 4) is 11.3 Å². The Bertz CT molecular complexity index is 999. The van der Waals surface area contributed by atoms with Crippen molar-refractivity contribution in [2.45, 2.75) is 19.3 Å². The first kappa shape index (κ1) is 13.0. The van der Waals surface area contributed by atoms with Gasteiger partial charge in [0.2, 0.25) is 0 Å². The number of imidazole rings is 1. The molecule has 0 spiro atoms. The Morgan fingerprint density at radius 1 is 1.09 bits per heavy atom. The highest BCUT2D eigenvalue weighted by molar-refractivity contribution is 7.12. The van der Waals surface area contributed by atoms with E-state index in [1.165, 1.54) is 37.5 Å². The van der Waals surface area contributed by atoms with Crippen LogP contribution in [0.15, 0.2) is 48.9 Å². The summed E-state index contributed by atoms with van der Waals surface area (Å²) in [6.07, 6.45) is 6.64. The van der Waals surface area contributed by atoms with Gasteiger partial charge in [-0.15, -0.1) is 11.3 Å². The maximum absolute atomic E-state index is 4.94. The molecule has 23 heavy (non-hydrogen) atoms. The summed E-state index contributed by atoms with van der Waals surface area (Å²) in [4.78, 5) is 13.6. The molecule has 0 aliphatic heterocycles. The molecule has 1 aliphatic carbocycles. The van der Waals surface area contributed by atoms with Crippen LogP contribution in [-0.4, -0.2) is 15.0 Å². The zero-order valence-corrected chi connectivity index (χ0v) is 13.4. The fourth-order valence-electron chi connectivity index (χ4n) is 3.47. The van der Waals surface area contributed by atoms with Gasteiger partial charge in [-0.2, -0.15) is 0 Å². The minimum atomic E-state index is 0.834. The first-order valence-corrected chi connectivity index (χ1v) is 8.67. The third-order valence-corrected chi connectivity index (χ3v) is 5.65. The van der Waals surface area contributed by atoms with Gasteiger partial charge in [0.05, 0.1) is 17.0 Å². The van der Waals surface area contributed by atoms with E-state index in [0.717, 1.165) is 25.0 Å². The van der Waals surface area contributed by atoms with E-state index in [2.05, 4.69) is 46.4 Å². The summed E-state index contributed by atoms with van der Waals surface area (Å²) < 4.78 is 0. The third kappa shape index (κ3) is 2.10. The minimum Gasteiger partial charge on any atom is -0.348 e. The predicted octanol–water partition coefficient (Wildman–Crippen LogP) is 4.38. The van der Waals surface area contributed by atoms with Gasteiger partial charge in [-0.25, -0.2) is 9.97 Å². The molecule has 0 saturated carbocycles. The summed E-state index contributed by atoms with van der Waals surface area (Å²) in [5.74, 6) is 0. The van der Waals surface area contributed by atoms with Gasteiger partial charge < -0.3 is 4.98 Å². The van der Waals surface area contributed by atoms with Crippen LogP contribution >= 0.6 is 11.3 Å². The van der Waals surface area contributed by atoms with Gasteiger partial charge in [0, 0.05) is 28.8 Å². The van der Waals surface area contributed by atoms with Crippen LogP contribution in [0, 0.1) is 0 Å². The normalized spacial score (nSPS) is 13.0. The van der Waals surface area contributed by atoms with Crippen LogP contribution in [0.5, 0.6) is 0 Å². The van der Waals surface area contributed by atoms with E-state index in [1.807, 2.05) is 17.5 Å². The second-order valence-corrected chi connectivity index (χ2v) is 7.11. The molecule has 112 valence electrons. The van der Waals surface area contributed by atoms with Gasteiger partial charge in [0.15, 0.2) is 0 Å². The lowest BCUT2D eigenvalue weighted by molar-refractivity contribution is 0.962. The molecule has 4 aromatic rings. The zero-order valence-electron chi connectivity index (χ0n) is 12.5. The van der Waals surface area contributed by atoms with Gasteiger partial charge in [0.1, 0.15) is 0 Å². The number of nitrogens with zero attached hydrogens (tertiary/aromatic N) is 2. The van der Waals surface area contributed by atoms with Gasteiger partial charge in [0.25, 0.3) is 0 Å². The lowest BCUT2D eigenvalue weighted by Gasteiger charge is -2.17. The van der Waals surface area contributed by atoms with Crippen LogP contribution in [-0.2, 0) is 19.3 Å². The van der Waals surface area contributed by atoms with Crippen molar-refractivity contribution in [1.82, 2.24) is 15.0 Å². The van der Waals surface area contributed by atoms with Gasteiger partial charge in [-0.3, -0.25) is 0 Å². The second kappa shape index (κ2) is 5.03. The Labute approximate surface area is 138 Å². The summed E-state index contributed by atoms with van der Waals surface area (Å²) >= 11 is 1.84. The van der Waals surface area contributed by atoms with E-state index in [4.69, 9.17) is 4.98 Å². The standard InChI is InChI=1S/C19H15N3S/c1-2-4-14-12(3-1)5-6-16-15(14)7-8-17-19(16)22-18(23-17)9-13-10-20-11-21-13/h1-6,10-11H,7-9H2,(H,20,21). The number of nitrogens with one attached hydrogen (secondary N) is 1. The molecule has 4 heteroatoms. The number of aromatic amines is 1. The number of hydrogen-bond donors (Lipinski definition) is 1. The molecule has 0 radical (unpaired) electrons. The predicted molar refractivity (Wildman–Crippen MR) is 93.9 cm³/mol. The molecule has 0 amide bonds. The van der Waals surface area contributed by atoms with Crippen molar-refractivity contribution in [3.63, 3.8) is 0 Å². The molecular formula is C19H15N3S. The summed E-state index contributed by atoms with van der Waals surface area (Å²) in [6.45, 7) is 0. The minimum absolute atomic E-state index is 0.834. The summed E-state index contributed by atoms with van der Waals surface area (Å²) in [7, 11) is 0. The molecule has 0 bridgehead atoms. The Balaban J connectivity index is 1.63. The number of H-pyrrole nitrogens is 1. The number of aryl methyl sites for hydroxylation is 2. The molecule has 0 saturated heterocycles. The number of rotatable bonds is 2. The molecule has 5 rings (SSSR count). The first-order valence-electron chi connectivity index (χ1n) is 7.85. The van der Waals surface area contributed by atoms with Crippen molar-refractivity contribution in [3.05, 3.63) is 70.1 Å². The fraction of sp³-hybridized carbons (Fsp3) is 0.158. The number of hydrogen-bond acceptors (Lipinski definition) is 3. The average Bonchev–Trinajstić information content (AvgIpc) is 3.23. The van der Waals surface area contributed by atoms with E-state index >= 15 is 0 Å². The van der Waals surface area contributed by atoms with Crippen molar-refractivity contribution in [2.75, 3.05) is 0 Å². The van der Waals surface area contributed by atoms with Crippen LogP contribution in [0.4, 0.5) is 0 Å².